The summed E-state index contributed by atoms with van der Waals surface area (Å²) in [7, 11) is 1.36. The zero-order valence-corrected chi connectivity index (χ0v) is 18.7. The first kappa shape index (κ1) is 24.4. The minimum atomic E-state index is -0.786. The Morgan fingerprint density at radius 3 is 2.35 bits per heavy atom. The Hall–Kier alpha value is -4.22. The molecule has 0 saturated carbocycles. The van der Waals surface area contributed by atoms with Crippen molar-refractivity contribution < 1.29 is 24.1 Å². The van der Waals surface area contributed by atoms with Crippen molar-refractivity contribution in [3.63, 3.8) is 0 Å². The second-order valence-corrected chi connectivity index (χ2v) is 7.35. The van der Waals surface area contributed by atoms with Crippen LogP contribution in [0.4, 0.5) is 11.4 Å². The fraction of sp³-hybridized carbons (Fsp3) is 0.0476. The number of carbonyl (C=O) groups is 1. The number of amides is 1. The van der Waals surface area contributed by atoms with Gasteiger partial charge in [-0.3, -0.25) is 25.0 Å². The Kier molecular flexibility index (Phi) is 7.61. The summed E-state index contributed by atoms with van der Waals surface area (Å²) in [6.45, 7) is 0. The summed E-state index contributed by atoms with van der Waals surface area (Å²) in [4.78, 5) is 32.9. The van der Waals surface area contributed by atoms with Gasteiger partial charge in [-0.15, -0.1) is 0 Å². The molecule has 0 bridgehead atoms. The molecule has 13 heteroatoms. The molecule has 3 rings (SSSR count). The second-order valence-electron chi connectivity index (χ2n) is 6.50. The number of nitrogens with zero attached hydrogens (tertiary/aromatic N) is 3. The molecule has 0 aliphatic rings. The number of hydrazone groups is 1. The zero-order chi connectivity index (χ0) is 24.8. The summed E-state index contributed by atoms with van der Waals surface area (Å²) in [6, 6.07) is 12.0. The lowest BCUT2D eigenvalue weighted by molar-refractivity contribution is -0.394. The van der Waals surface area contributed by atoms with Crippen LogP contribution in [0.2, 0.25) is 10.0 Å². The summed E-state index contributed by atoms with van der Waals surface area (Å²) in [5.41, 5.74) is 2.01. The number of hydrogen-bond acceptors (Lipinski definition) is 8. The van der Waals surface area contributed by atoms with E-state index in [-0.39, 0.29) is 27.8 Å². The Labute approximate surface area is 201 Å². The third kappa shape index (κ3) is 5.77. The van der Waals surface area contributed by atoms with E-state index in [1.54, 1.807) is 6.07 Å². The molecule has 0 aromatic heterocycles. The second kappa shape index (κ2) is 10.6. The van der Waals surface area contributed by atoms with Crippen LogP contribution in [-0.4, -0.2) is 29.1 Å². The standard InChI is InChI=1S/C21H14Cl2N4O7/c1-33-20-8-12(11-24-25-21(28)15-5-3-13(22)9-16(15)23)2-6-19(20)34-18-7-4-14(26(29)30)10-17(18)27(31)32/h2-11H,1H3,(H,25,28). The van der Waals surface area contributed by atoms with Crippen LogP contribution in [0.1, 0.15) is 15.9 Å². The van der Waals surface area contributed by atoms with Gasteiger partial charge >= 0.3 is 5.69 Å². The quantitative estimate of drug-likeness (QED) is 0.246. The van der Waals surface area contributed by atoms with Crippen molar-refractivity contribution in [2.75, 3.05) is 7.11 Å². The van der Waals surface area contributed by atoms with Gasteiger partial charge in [0.2, 0.25) is 5.75 Å². The van der Waals surface area contributed by atoms with E-state index in [0.29, 0.717) is 10.6 Å². The van der Waals surface area contributed by atoms with Crippen molar-refractivity contribution in [3.05, 3.63) is 96.0 Å². The predicted molar refractivity (Wildman–Crippen MR) is 124 cm³/mol. The van der Waals surface area contributed by atoms with Gasteiger partial charge in [-0.05, 0) is 48.0 Å². The van der Waals surface area contributed by atoms with E-state index < -0.39 is 27.1 Å². The Bertz CT molecular complexity index is 1310. The number of nitro benzene ring substituents is 2. The lowest BCUT2D eigenvalue weighted by Gasteiger charge is -2.11. The van der Waals surface area contributed by atoms with Crippen LogP contribution >= 0.6 is 23.2 Å². The predicted octanol–water partition coefficient (Wildman–Crippen LogP) is 5.37. The van der Waals surface area contributed by atoms with Crippen molar-refractivity contribution in [3.8, 4) is 17.2 Å². The van der Waals surface area contributed by atoms with Crippen LogP contribution < -0.4 is 14.9 Å². The molecule has 3 aromatic carbocycles. The van der Waals surface area contributed by atoms with Crippen molar-refractivity contribution >= 4 is 46.7 Å². The average molecular weight is 505 g/mol. The highest BCUT2D eigenvalue weighted by Crippen LogP contribution is 2.38. The van der Waals surface area contributed by atoms with Gasteiger partial charge in [0.25, 0.3) is 11.6 Å². The first-order valence-corrected chi connectivity index (χ1v) is 10.0. The highest BCUT2D eigenvalue weighted by atomic mass is 35.5. The molecule has 0 unspecified atom stereocenters. The van der Waals surface area contributed by atoms with E-state index in [1.165, 1.54) is 43.7 Å². The SMILES string of the molecule is COc1cc(C=NNC(=O)c2ccc(Cl)cc2Cl)ccc1Oc1ccc([N+](=O)[O-])cc1[N+](=O)[O-]. The maximum atomic E-state index is 12.2. The number of methoxy groups -OCH3 is 1. The van der Waals surface area contributed by atoms with E-state index in [0.717, 1.165) is 18.2 Å². The molecule has 0 radical (unpaired) electrons. The molecule has 0 aliphatic carbocycles. The summed E-state index contributed by atoms with van der Waals surface area (Å²) >= 11 is 11.8. The number of carbonyl (C=O) groups excluding carboxylic acids is 1. The number of ether oxygens (including phenoxy) is 2. The average Bonchev–Trinajstić information content (AvgIpc) is 2.79. The number of benzene rings is 3. The Morgan fingerprint density at radius 1 is 0.971 bits per heavy atom. The van der Waals surface area contributed by atoms with Crippen molar-refractivity contribution in [2.24, 2.45) is 5.10 Å². The lowest BCUT2D eigenvalue weighted by Crippen LogP contribution is -2.18. The van der Waals surface area contributed by atoms with Gasteiger partial charge in [-0.25, -0.2) is 5.43 Å². The molecular weight excluding hydrogens is 491 g/mol. The third-order valence-corrected chi connectivity index (χ3v) is 4.86. The number of nitrogens with one attached hydrogen (secondary N) is 1. The van der Waals surface area contributed by atoms with Gasteiger partial charge in [0.1, 0.15) is 0 Å². The molecule has 0 heterocycles. The number of non-ortho nitro benzene ring substituents is 1. The van der Waals surface area contributed by atoms with Gasteiger partial charge in [0, 0.05) is 11.1 Å². The van der Waals surface area contributed by atoms with E-state index in [9.17, 15) is 25.0 Å². The largest absolute Gasteiger partial charge is 0.493 e. The summed E-state index contributed by atoms with van der Waals surface area (Å²) in [6.07, 6.45) is 1.34. The first-order chi connectivity index (χ1) is 16.2. The van der Waals surface area contributed by atoms with Crippen LogP contribution in [0.3, 0.4) is 0 Å². The topological polar surface area (TPSA) is 146 Å². The lowest BCUT2D eigenvalue weighted by atomic mass is 10.2. The molecule has 0 atom stereocenters. The normalized spacial score (nSPS) is 10.7. The molecule has 11 nitrogen and oxygen atoms in total. The number of hydrogen-bond donors (Lipinski definition) is 1. The van der Waals surface area contributed by atoms with Crippen LogP contribution in [0.5, 0.6) is 17.2 Å². The van der Waals surface area contributed by atoms with Crippen LogP contribution in [0.15, 0.2) is 59.7 Å². The van der Waals surface area contributed by atoms with Crippen molar-refractivity contribution in [1.29, 1.82) is 0 Å². The highest BCUT2D eigenvalue weighted by Gasteiger charge is 2.22. The van der Waals surface area contributed by atoms with E-state index in [1.807, 2.05) is 0 Å². The summed E-state index contributed by atoms with van der Waals surface area (Å²) in [5, 5.41) is 26.6. The monoisotopic (exact) mass is 504 g/mol. The molecule has 34 heavy (non-hydrogen) atoms. The van der Waals surface area contributed by atoms with Crippen molar-refractivity contribution in [1.82, 2.24) is 5.43 Å². The van der Waals surface area contributed by atoms with Gasteiger partial charge < -0.3 is 9.47 Å². The Balaban J connectivity index is 1.78. The zero-order valence-electron chi connectivity index (χ0n) is 17.2. The van der Waals surface area contributed by atoms with Crippen LogP contribution in [0.25, 0.3) is 0 Å². The first-order valence-electron chi connectivity index (χ1n) is 9.26. The molecule has 0 saturated heterocycles. The minimum absolute atomic E-state index is 0.119. The van der Waals surface area contributed by atoms with E-state index in [2.05, 4.69) is 10.5 Å². The number of rotatable bonds is 8. The number of halogens is 2. The smallest absolute Gasteiger partial charge is 0.318 e. The van der Waals surface area contributed by atoms with Gasteiger partial charge in [-0.2, -0.15) is 5.10 Å². The van der Waals surface area contributed by atoms with Gasteiger partial charge in [0.15, 0.2) is 11.5 Å². The fourth-order valence-electron chi connectivity index (χ4n) is 2.71. The fourth-order valence-corrected chi connectivity index (χ4v) is 3.21. The maximum Gasteiger partial charge on any atom is 0.318 e. The van der Waals surface area contributed by atoms with Crippen molar-refractivity contribution in [2.45, 2.75) is 0 Å². The molecule has 0 aliphatic heterocycles. The summed E-state index contributed by atoms with van der Waals surface area (Å²) < 4.78 is 10.8. The molecule has 0 fully saturated rings. The molecule has 1 N–H and O–H groups in total. The molecule has 0 spiro atoms. The minimum Gasteiger partial charge on any atom is -0.493 e. The third-order valence-electron chi connectivity index (χ3n) is 4.31. The molecule has 174 valence electrons. The maximum absolute atomic E-state index is 12.2. The highest BCUT2D eigenvalue weighted by molar-refractivity contribution is 6.36. The van der Waals surface area contributed by atoms with E-state index >= 15 is 0 Å². The summed E-state index contributed by atoms with van der Waals surface area (Å²) in [5.74, 6) is -0.435. The Morgan fingerprint density at radius 2 is 1.71 bits per heavy atom. The van der Waals surface area contributed by atoms with Crippen LogP contribution in [0, 0.1) is 20.2 Å². The van der Waals surface area contributed by atoms with Gasteiger partial charge in [-0.1, -0.05) is 23.2 Å². The molecular formula is C21H14Cl2N4O7. The van der Waals surface area contributed by atoms with E-state index in [4.69, 9.17) is 32.7 Å². The number of nitro groups is 2. The van der Waals surface area contributed by atoms with Gasteiger partial charge in [0.05, 0.1) is 39.8 Å². The van der Waals surface area contributed by atoms with Crippen LogP contribution in [-0.2, 0) is 0 Å². The molecule has 3 aromatic rings. The molecule has 1 amide bonds.